The molecular formula is C23H30BClN2O4. The third-order valence-electron chi connectivity index (χ3n) is 6.80. The number of phenols is 4. The molecule has 0 heterocycles. The van der Waals surface area contributed by atoms with Gasteiger partial charge < -0.3 is 26.2 Å². The van der Waals surface area contributed by atoms with Gasteiger partial charge in [-0.15, -0.1) is 0 Å². The number of hydrogen-bond acceptors (Lipinski definition) is 6. The number of likely N-dealkylation sites (N-methyl/N-ethyl adjacent to an activating group) is 1. The van der Waals surface area contributed by atoms with E-state index in [9.17, 15) is 20.4 Å². The summed E-state index contributed by atoms with van der Waals surface area (Å²) in [4.78, 5) is 2.24. The Balaban J connectivity index is 1.97. The second kappa shape index (κ2) is 8.81. The molecule has 0 aliphatic heterocycles. The standard InChI is InChI=1S/C23H30BClN2O4/c1-23(2,27(3)9-8-26)7-6-12-10-16(14-5-4-13(25)11-15(12)14)17-19(28)18(24)21(30)22(31)20(17)29/h4-5,11-12,16,28-31H,6-10,26H2,1-3H3/t12-,16-/m1/s1. The normalized spacial score (nSPS) is 18.5. The molecule has 0 saturated heterocycles. The smallest absolute Gasteiger partial charge is 0.200 e. The van der Waals surface area contributed by atoms with Crippen molar-refractivity contribution in [3.63, 3.8) is 0 Å². The van der Waals surface area contributed by atoms with Crippen LogP contribution in [0.1, 0.15) is 61.6 Å². The van der Waals surface area contributed by atoms with Crippen LogP contribution in [0.4, 0.5) is 0 Å². The molecule has 8 heteroatoms. The van der Waals surface area contributed by atoms with Gasteiger partial charge in [-0.3, -0.25) is 4.90 Å². The number of nitrogens with zero attached hydrogens (tertiary/aromatic N) is 1. The van der Waals surface area contributed by atoms with Crippen LogP contribution in [0.5, 0.6) is 23.0 Å². The number of hydrogen-bond donors (Lipinski definition) is 5. The highest BCUT2D eigenvalue weighted by molar-refractivity contribution is 6.36. The van der Waals surface area contributed by atoms with Crippen LogP contribution in [0, 0.1) is 0 Å². The molecule has 1 aliphatic rings. The molecular weight excluding hydrogens is 415 g/mol. The molecule has 6 N–H and O–H groups in total. The average Bonchev–Trinajstić information content (AvgIpc) is 3.07. The Bertz CT molecular complexity index is 954. The first kappa shape index (κ1) is 23.6. The Morgan fingerprint density at radius 3 is 2.42 bits per heavy atom. The van der Waals surface area contributed by atoms with Crippen molar-refractivity contribution in [3.05, 3.63) is 39.9 Å². The third kappa shape index (κ3) is 4.31. The van der Waals surface area contributed by atoms with Crippen molar-refractivity contribution in [1.82, 2.24) is 4.90 Å². The van der Waals surface area contributed by atoms with Crippen molar-refractivity contribution >= 4 is 24.9 Å². The predicted octanol–water partition coefficient (Wildman–Crippen LogP) is 3.02. The fraction of sp³-hybridized carbons (Fsp3) is 0.478. The van der Waals surface area contributed by atoms with Gasteiger partial charge in [-0.2, -0.15) is 0 Å². The molecule has 3 rings (SSSR count). The molecule has 2 radical (unpaired) electrons. The Morgan fingerprint density at radius 1 is 1.10 bits per heavy atom. The van der Waals surface area contributed by atoms with Gasteiger partial charge in [-0.05, 0) is 74.8 Å². The molecule has 166 valence electrons. The first-order chi connectivity index (χ1) is 14.5. The van der Waals surface area contributed by atoms with E-state index < -0.39 is 28.9 Å². The van der Waals surface area contributed by atoms with Crippen molar-refractivity contribution in [2.75, 3.05) is 20.1 Å². The minimum Gasteiger partial charge on any atom is -0.508 e. The highest BCUT2D eigenvalue weighted by atomic mass is 35.5. The quantitative estimate of drug-likeness (QED) is 0.255. The maximum Gasteiger partial charge on any atom is 0.200 e. The third-order valence-corrected chi connectivity index (χ3v) is 7.04. The van der Waals surface area contributed by atoms with Gasteiger partial charge in [0, 0.05) is 35.1 Å². The number of rotatable bonds is 7. The number of benzene rings is 2. The van der Waals surface area contributed by atoms with Crippen LogP contribution in [0.25, 0.3) is 0 Å². The van der Waals surface area contributed by atoms with Crippen LogP contribution < -0.4 is 11.2 Å². The molecule has 0 fully saturated rings. The minimum absolute atomic E-state index is 0.0539. The summed E-state index contributed by atoms with van der Waals surface area (Å²) >= 11 is 6.28. The molecule has 0 bridgehead atoms. The summed E-state index contributed by atoms with van der Waals surface area (Å²) in [5.41, 5.74) is 7.40. The second-order valence-electron chi connectivity index (χ2n) is 9.04. The summed E-state index contributed by atoms with van der Waals surface area (Å²) in [5.74, 6) is -2.68. The number of halogens is 1. The number of nitrogens with two attached hydrogens (primary N) is 1. The largest absolute Gasteiger partial charge is 0.508 e. The molecule has 1 aliphatic carbocycles. The van der Waals surface area contributed by atoms with Gasteiger partial charge in [0.1, 0.15) is 13.6 Å². The van der Waals surface area contributed by atoms with E-state index in [4.69, 9.17) is 25.2 Å². The molecule has 0 unspecified atom stereocenters. The lowest BCUT2D eigenvalue weighted by Gasteiger charge is -2.36. The van der Waals surface area contributed by atoms with E-state index in [0.717, 1.165) is 30.5 Å². The van der Waals surface area contributed by atoms with E-state index in [1.165, 1.54) is 0 Å². The van der Waals surface area contributed by atoms with Crippen molar-refractivity contribution in [2.45, 2.75) is 50.5 Å². The second-order valence-corrected chi connectivity index (χ2v) is 9.48. The van der Waals surface area contributed by atoms with Gasteiger partial charge in [0.15, 0.2) is 17.2 Å². The molecule has 2 atom stereocenters. The van der Waals surface area contributed by atoms with Gasteiger partial charge in [-0.1, -0.05) is 17.7 Å². The Kier molecular flexibility index (Phi) is 6.70. The summed E-state index contributed by atoms with van der Waals surface area (Å²) < 4.78 is 0. The van der Waals surface area contributed by atoms with E-state index in [-0.39, 0.29) is 22.5 Å². The predicted molar refractivity (Wildman–Crippen MR) is 124 cm³/mol. The number of fused-ring (bicyclic) bond motifs is 1. The van der Waals surface area contributed by atoms with Crippen molar-refractivity contribution in [1.29, 1.82) is 0 Å². The lowest BCUT2D eigenvalue weighted by atomic mass is 9.83. The Morgan fingerprint density at radius 2 is 1.77 bits per heavy atom. The summed E-state index contributed by atoms with van der Waals surface area (Å²) in [6.45, 7) is 5.76. The van der Waals surface area contributed by atoms with Crippen LogP contribution in [-0.2, 0) is 0 Å². The van der Waals surface area contributed by atoms with E-state index in [1.54, 1.807) is 6.07 Å². The van der Waals surface area contributed by atoms with Gasteiger partial charge in [-0.25, -0.2) is 0 Å². The summed E-state index contributed by atoms with van der Waals surface area (Å²) in [7, 11) is 7.83. The zero-order chi connectivity index (χ0) is 23.1. The number of aromatic hydroxyl groups is 4. The molecule has 0 saturated carbocycles. The highest BCUT2D eigenvalue weighted by Crippen LogP contribution is 2.54. The van der Waals surface area contributed by atoms with Crippen LogP contribution in [0.15, 0.2) is 18.2 Å². The van der Waals surface area contributed by atoms with E-state index in [1.807, 2.05) is 12.1 Å². The zero-order valence-corrected chi connectivity index (χ0v) is 18.9. The van der Waals surface area contributed by atoms with Gasteiger partial charge in [0.05, 0.1) is 0 Å². The monoisotopic (exact) mass is 444 g/mol. The van der Waals surface area contributed by atoms with Gasteiger partial charge in [0.2, 0.25) is 0 Å². The first-order valence-electron chi connectivity index (χ1n) is 10.4. The van der Waals surface area contributed by atoms with Crippen LogP contribution in [0.3, 0.4) is 0 Å². The average molecular weight is 445 g/mol. The lowest BCUT2D eigenvalue weighted by molar-refractivity contribution is 0.144. The molecule has 0 aromatic heterocycles. The van der Waals surface area contributed by atoms with Crippen molar-refractivity contribution in [2.24, 2.45) is 5.73 Å². The fourth-order valence-corrected chi connectivity index (χ4v) is 4.76. The van der Waals surface area contributed by atoms with Crippen LogP contribution in [-0.4, -0.2) is 58.8 Å². The Labute approximate surface area is 189 Å². The summed E-state index contributed by atoms with van der Waals surface area (Å²) in [5, 5.41) is 41.7. The van der Waals surface area contributed by atoms with E-state index >= 15 is 0 Å². The summed E-state index contributed by atoms with van der Waals surface area (Å²) in [6, 6.07) is 5.58. The SMILES string of the molecule is [B]c1c(O)c(O)c(O)c([C@@H]2C[C@@H](CCC(C)(C)N(C)CCN)c3cc(Cl)ccc32)c1O. The zero-order valence-electron chi connectivity index (χ0n) is 18.2. The minimum atomic E-state index is -0.728. The van der Waals surface area contributed by atoms with E-state index in [0.29, 0.717) is 18.0 Å². The van der Waals surface area contributed by atoms with Gasteiger partial charge >= 0.3 is 0 Å². The molecule has 0 amide bonds. The fourth-order valence-electron chi connectivity index (χ4n) is 4.58. The molecule has 2 aromatic rings. The molecule has 31 heavy (non-hydrogen) atoms. The molecule has 6 nitrogen and oxygen atoms in total. The first-order valence-corrected chi connectivity index (χ1v) is 10.8. The van der Waals surface area contributed by atoms with Gasteiger partial charge in [0.25, 0.3) is 0 Å². The summed E-state index contributed by atoms with van der Waals surface area (Å²) in [6.07, 6.45) is 2.39. The topological polar surface area (TPSA) is 110 Å². The number of phenolic OH excluding ortho intramolecular Hbond substituents is 4. The highest BCUT2D eigenvalue weighted by Gasteiger charge is 2.38. The Hall–Kier alpha value is -2.09. The van der Waals surface area contributed by atoms with Crippen molar-refractivity contribution < 1.29 is 20.4 Å². The molecule has 2 aromatic carbocycles. The lowest BCUT2D eigenvalue weighted by Crippen LogP contribution is -2.43. The van der Waals surface area contributed by atoms with Crippen LogP contribution >= 0.6 is 11.6 Å². The van der Waals surface area contributed by atoms with Crippen LogP contribution in [0.2, 0.25) is 5.02 Å². The maximum atomic E-state index is 10.6. The van der Waals surface area contributed by atoms with Crippen molar-refractivity contribution in [3.8, 4) is 23.0 Å². The maximum absolute atomic E-state index is 10.6. The molecule has 0 spiro atoms. The van der Waals surface area contributed by atoms with E-state index in [2.05, 4.69) is 25.8 Å².